The Labute approximate surface area is 115 Å². The highest BCUT2D eigenvalue weighted by molar-refractivity contribution is 7.09. The highest BCUT2D eigenvalue weighted by Gasteiger charge is 2.10. The summed E-state index contributed by atoms with van der Waals surface area (Å²) in [6, 6.07) is 4.32. The molecule has 0 fully saturated rings. The van der Waals surface area contributed by atoms with E-state index in [1.807, 2.05) is 19.2 Å². The van der Waals surface area contributed by atoms with Crippen molar-refractivity contribution in [1.82, 2.24) is 20.3 Å². The SMILES string of the molecule is Cc1csc(C(C)NCc2c[nH]c3ncccc23)n1. The van der Waals surface area contributed by atoms with Gasteiger partial charge in [0.15, 0.2) is 0 Å². The molecular formula is C14H16N4S. The maximum atomic E-state index is 4.51. The number of pyridine rings is 1. The van der Waals surface area contributed by atoms with E-state index in [9.17, 15) is 0 Å². The van der Waals surface area contributed by atoms with Crippen molar-refractivity contribution in [2.24, 2.45) is 0 Å². The molecule has 5 heteroatoms. The molecule has 19 heavy (non-hydrogen) atoms. The highest BCUT2D eigenvalue weighted by atomic mass is 32.1. The molecule has 2 N–H and O–H groups in total. The average Bonchev–Trinajstić information content (AvgIpc) is 3.02. The van der Waals surface area contributed by atoms with Crippen LogP contribution in [0.4, 0.5) is 0 Å². The molecule has 3 rings (SSSR count). The van der Waals surface area contributed by atoms with Crippen LogP contribution in [0.25, 0.3) is 11.0 Å². The Morgan fingerprint density at radius 2 is 2.37 bits per heavy atom. The summed E-state index contributed by atoms with van der Waals surface area (Å²) >= 11 is 1.70. The summed E-state index contributed by atoms with van der Waals surface area (Å²) in [5.74, 6) is 0. The number of nitrogens with one attached hydrogen (secondary N) is 2. The number of aromatic amines is 1. The average molecular weight is 272 g/mol. The lowest BCUT2D eigenvalue weighted by Gasteiger charge is -2.10. The van der Waals surface area contributed by atoms with Crippen LogP contribution in [0, 0.1) is 6.92 Å². The third kappa shape index (κ3) is 2.52. The molecule has 0 amide bonds. The van der Waals surface area contributed by atoms with Crippen LogP contribution in [0.1, 0.15) is 29.2 Å². The van der Waals surface area contributed by atoms with Gasteiger partial charge in [0, 0.05) is 35.4 Å². The molecule has 0 aliphatic rings. The number of aryl methyl sites for hydroxylation is 1. The smallest absolute Gasteiger partial charge is 0.137 e. The number of hydrogen-bond donors (Lipinski definition) is 2. The first kappa shape index (κ1) is 12.3. The van der Waals surface area contributed by atoms with Crippen LogP contribution in [0.2, 0.25) is 0 Å². The summed E-state index contributed by atoms with van der Waals surface area (Å²) in [5, 5.41) is 7.91. The van der Waals surface area contributed by atoms with Crippen molar-refractivity contribution < 1.29 is 0 Å². The Bertz CT molecular complexity index is 685. The molecule has 1 atom stereocenters. The summed E-state index contributed by atoms with van der Waals surface area (Å²) in [6.45, 7) is 4.98. The van der Waals surface area contributed by atoms with Crippen molar-refractivity contribution in [3.8, 4) is 0 Å². The van der Waals surface area contributed by atoms with Gasteiger partial charge in [-0.2, -0.15) is 0 Å². The van der Waals surface area contributed by atoms with Crippen molar-refractivity contribution in [2.45, 2.75) is 26.4 Å². The number of nitrogens with zero attached hydrogens (tertiary/aromatic N) is 2. The van der Waals surface area contributed by atoms with Crippen LogP contribution >= 0.6 is 11.3 Å². The zero-order chi connectivity index (χ0) is 13.2. The maximum Gasteiger partial charge on any atom is 0.137 e. The van der Waals surface area contributed by atoms with Crippen LogP contribution in [-0.2, 0) is 6.54 Å². The van der Waals surface area contributed by atoms with Gasteiger partial charge in [0.1, 0.15) is 10.7 Å². The standard InChI is InChI=1S/C14H16N4S/c1-9-8-19-14(18-9)10(2)16-6-11-7-17-13-12(11)4-3-5-15-13/h3-5,7-8,10,16H,6H2,1-2H3,(H,15,17). The molecule has 0 aliphatic heterocycles. The number of rotatable bonds is 4. The van der Waals surface area contributed by atoms with Crippen molar-refractivity contribution in [3.63, 3.8) is 0 Å². The zero-order valence-electron chi connectivity index (χ0n) is 11.0. The van der Waals surface area contributed by atoms with Gasteiger partial charge in [0.2, 0.25) is 0 Å². The Balaban J connectivity index is 1.72. The Hall–Kier alpha value is -1.72. The largest absolute Gasteiger partial charge is 0.346 e. The van der Waals surface area contributed by atoms with Crippen LogP contribution < -0.4 is 5.32 Å². The molecule has 0 saturated carbocycles. The van der Waals surface area contributed by atoms with Crippen LogP contribution in [0.15, 0.2) is 29.9 Å². The van der Waals surface area contributed by atoms with Crippen LogP contribution in [0.3, 0.4) is 0 Å². The van der Waals surface area contributed by atoms with Gasteiger partial charge in [-0.25, -0.2) is 9.97 Å². The van der Waals surface area contributed by atoms with Gasteiger partial charge in [0.25, 0.3) is 0 Å². The summed E-state index contributed by atoms with van der Waals surface area (Å²) in [5.41, 5.74) is 3.27. The fraction of sp³-hybridized carbons (Fsp3) is 0.286. The van der Waals surface area contributed by atoms with E-state index in [4.69, 9.17) is 0 Å². The van der Waals surface area contributed by atoms with E-state index in [0.717, 1.165) is 22.9 Å². The minimum Gasteiger partial charge on any atom is -0.346 e. The molecule has 0 spiro atoms. The molecule has 3 aromatic heterocycles. The minimum absolute atomic E-state index is 0.264. The van der Waals surface area contributed by atoms with Crippen molar-refractivity contribution in [1.29, 1.82) is 0 Å². The number of H-pyrrole nitrogens is 1. The monoisotopic (exact) mass is 272 g/mol. The highest BCUT2D eigenvalue weighted by Crippen LogP contribution is 2.20. The molecule has 98 valence electrons. The lowest BCUT2D eigenvalue weighted by atomic mass is 10.2. The third-order valence-corrected chi connectivity index (χ3v) is 4.29. The van der Waals surface area contributed by atoms with E-state index in [1.54, 1.807) is 17.5 Å². The number of aromatic nitrogens is 3. The third-order valence-electron chi connectivity index (χ3n) is 3.14. The predicted octanol–water partition coefficient (Wildman–Crippen LogP) is 3.18. The second-order valence-corrected chi connectivity index (χ2v) is 5.53. The number of fused-ring (bicyclic) bond motifs is 1. The van der Waals surface area contributed by atoms with Gasteiger partial charge in [0.05, 0.1) is 6.04 Å². The molecule has 3 aromatic rings. The Kier molecular flexibility index (Phi) is 3.31. The normalized spacial score (nSPS) is 12.9. The van der Waals surface area contributed by atoms with Crippen LogP contribution in [0.5, 0.6) is 0 Å². The van der Waals surface area contributed by atoms with E-state index in [-0.39, 0.29) is 6.04 Å². The zero-order valence-corrected chi connectivity index (χ0v) is 11.8. The second kappa shape index (κ2) is 5.11. The molecule has 3 heterocycles. The molecule has 0 radical (unpaired) electrons. The van der Waals surface area contributed by atoms with E-state index < -0.39 is 0 Å². The summed E-state index contributed by atoms with van der Waals surface area (Å²) < 4.78 is 0. The fourth-order valence-electron chi connectivity index (χ4n) is 2.08. The number of thiazole rings is 1. The van der Waals surface area contributed by atoms with Gasteiger partial charge in [-0.1, -0.05) is 0 Å². The maximum absolute atomic E-state index is 4.51. The van der Waals surface area contributed by atoms with E-state index in [1.165, 1.54) is 10.9 Å². The van der Waals surface area contributed by atoms with Crippen molar-refractivity contribution in [2.75, 3.05) is 0 Å². The molecule has 4 nitrogen and oxygen atoms in total. The molecule has 0 saturated heterocycles. The van der Waals surface area contributed by atoms with Gasteiger partial charge in [-0.05, 0) is 31.5 Å². The van der Waals surface area contributed by atoms with Gasteiger partial charge < -0.3 is 10.3 Å². The fourth-order valence-corrected chi connectivity index (χ4v) is 2.91. The minimum atomic E-state index is 0.264. The molecule has 0 bridgehead atoms. The van der Waals surface area contributed by atoms with Crippen molar-refractivity contribution in [3.05, 3.63) is 46.2 Å². The van der Waals surface area contributed by atoms with Crippen molar-refractivity contribution >= 4 is 22.4 Å². The second-order valence-electron chi connectivity index (χ2n) is 4.64. The molecule has 0 aromatic carbocycles. The van der Waals surface area contributed by atoms with Crippen LogP contribution in [-0.4, -0.2) is 15.0 Å². The summed E-state index contributed by atoms with van der Waals surface area (Å²) in [6.07, 6.45) is 3.82. The Morgan fingerprint density at radius 1 is 1.47 bits per heavy atom. The first-order valence-corrected chi connectivity index (χ1v) is 7.18. The molecular weight excluding hydrogens is 256 g/mol. The molecule has 0 aliphatic carbocycles. The topological polar surface area (TPSA) is 53.6 Å². The van der Waals surface area contributed by atoms with E-state index in [0.29, 0.717) is 0 Å². The first-order valence-electron chi connectivity index (χ1n) is 6.30. The van der Waals surface area contributed by atoms with E-state index in [2.05, 4.69) is 38.6 Å². The summed E-state index contributed by atoms with van der Waals surface area (Å²) in [4.78, 5) is 12.0. The van der Waals surface area contributed by atoms with E-state index >= 15 is 0 Å². The Morgan fingerprint density at radius 3 is 3.16 bits per heavy atom. The predicted molar refractivity (Wildman–Crippen MR) is 78.2 cm³/mol. The summed E-state index contributed by atoms with van der Waals surface area (Å²) in [7, 11) is 0. The first-order chi connectivity index (χ1) is 9.24. The van der Waals surface area contributed by atoms with Gasteiger partial charge in [-0.15, -0.1) is 11.3 Å². The van der Waals surface area contributed by atoms with Gasteiger partial charge >= 0.3 is 0 Å². The number of hydrogen-bond acceptors (Lipinski definition) is 4. The van der Waals surface area contributed by atoms with Gasteiger partial charge in [-0.3, -0.25) is 0 Å². The quantitative estimate of drug-likeness (QED) is 0.767. The lowest BCUT2D eigenvalue weighted by Crippen LogP contribution is -2.17. The molecule has 1 unspecified atom stereocenters. The lowest BCUT2D eigenvalue weighted by molar-refractivity contribution is 0.573.